The molecule has 3 aromatic rings. The number of ether oxygens (including phenoxy) is 1. The minimum absolute atomic E-state index is 0.0883. The number of hydrogen-bond donors (Lipinski definition) is 1. The Bertz CT molecular complexity index is 782. The highest BCUT2D eigenvalue weighted by molar-refractivity contribution is 7.13. The quantitative estimate of drug-likeness (QED) is 0.759. The van der Waals surface area contributed by atoms with Crippen LogP contribution in [0.5, 0.6) is 5.75 Å². The molecule has 116 valence electrons. The summed E-state index contributed by atoms with van der Waals surface area (Å²) in [6, 6.07) is 17.4. The van der Waals surface area contributed by atoms with E-state index in [4.69, 9.17) is 4.74 Å². The number of hydrogen-bond acceptors (Lipinski definition) is 4. The number of thiazole rings is 1. The molecule has 1 heterocycles. The van der Waals surface area contributed by atoms with Gasteiger partial charge in [-0.2, -0.15) is 0 Å². The summed E-state index contributed by atoms with van der Waals surface area (Å²) in [6.07, 6.45) is 0. The molecule has 0 unspecified atom stereocenters. The van der Waals surface area contributed by atoms with Crippen molar-refractivity contribution in [1.82, 2.24) is 4.98 Å². The minimum atomic E-state index is -0.0883. The number of benzene rings is 2. The second-order valence-electron chi connectivity index (χ2n) is 5.00. The van der Waals surface area contributed by atoms with E-state index in [1.54, 1.807) is 11.3 Å². The molecule has 0 aliphatic heterocycles. The number of carbonyl (C=O) groups excluding carboxylic acids is 1. The van der Waals surface area contributed by atoms with Crippen molar-refractivity contribution >= 4 is 22.9 Å². The number of rotatable bonds is 5. The summed E-state index contributed by atoms with van der Waals surface area (Å²) in [7, 11) is 0. The standard InChI is InChI=1S/C18H16N2O2S/c1-13(21)19-15-7-9-17(10-8-15)22-11-16-12-23-18(20-16)14-5-3-2-4-6-14/h2-10,12H,11H2,1H3,(H,19,21). The van der Waals surface area contributed by atoms with E-state index in [0.29, 0.717) is 6.61 Å². The van der Waals surface area contributed by atoms with Crippen LogP contribution in [-0.2, 0) is 11.4 Å². The Morgan fingerprint density at radius 2 is 1.87 bits per heavy atom. The van der Waals surface area contributed by atoms with Gasteiger partial charge in [0.25, 0.3) is 0 Å². The van der Waals surface area contributed by atoms with Gasteiger partial charge in [0.15, 0.2) is 0 Å². The Balaban J connectivity index is 1.60. The van der Waals surface area contributed by atoms with E-state index in [-0.39, 0.29) is 5.91 Å². The molecule has 1 aromatic heterocycles. The minimum Gasteiger partial charge on any atom is -0.487 e. The normalized spacial score (nSPS) is 10.3. The third kappa shape index (κ3) is 4.17. The van der Waals surface area contributed by atoms with Gasteiger partial charge in [-0.05, 0) is 24.3 Å². The summed E-state index contributed by atoms with van der Waals surface area (Å²) in [5, 5.41) is 5.72. The molecule has 0 radical (unpaired) electrons. The van der Waals surface area contributed by atoms with Gasteiger partial charge in [-0.15, -0.1) is 11.3 Å². The summed E-state index contributed by atoms with van der Waals surface area (Å²) >= 11 is 1.61. The van der Waals surface area contributed by atoms with Gasteiger partial charge in [-0.25, -0.2) is 4.98 Å². The smallest absolute Gasteiger partial charge is 0.221 e. The van der Waals surface area contributed by atoms with Crippen LogP contribution in [0.25, 0.3) is 10.6 Å². The molecule has 0 saturated heterocycles. The molecule has 0 fully saturated rings. The number of aromatic nitrogens is 1. The highest BCUT2D eigenvalue weighted by atomic mass is 32.1. The molecule has 1 N–H and O–H groups in total. The number of carbonyl (C=O) groups is 1. The van der Waals surface area contributed by atoms with Crippen LogP contribution in [0.1, 0.15) is 12.6 Å². The second kappa shape index (κ2) is 7.07. The van der Waals surface area contributed by atoms with Gasteiger partial charge in [0.2, 0.25) is 5.91 Å². The first-order valence-electron chi connectivity index (χ1n) is 7.21. The fourth-order valence-electron chi connectivity index (χ4n) is 2.08. The van der Waals surface area contributed by atoms with Crippen LogP contribution in [0.2, 0.25) is 0 Å². The average molecular weight is 324 g/mol. The first-order chi connectivity index (χ1) is 11.2. The largest absolute Gasteiger partial charge is 0.487 e. The van der Waals surface area contributed by atoms with E-state index in [1.165, 1.54) is 6.92 Å². The zero-order chi connectivity index (χ0) is 16.1. The molecule has 23 heavy (non-hydrogen) atoms. The second-order valence-corrected chi connectivity index (χ2v) is 5.86. The van der Waals surface area contributed by atoms with Crippen molar-refractivity contribution in [3.63, 3.8) is 0 Å². The molecular weight excluding hydrogens is 308 g/mol. The molecule has 1 amide bonds. The average Bonchev–Trinajstić information content (AvgIpc) is 3.04. The molecule has 0 spiro atoms. The van der Waals surface area contributed by atoms with E-state index >= 15 is 0 Å². The molecular formula is C18H16N2O2S. The molecule has 4 nitrogen and oxygen atoms in total. The lowest BCUT2D eigenvalue weighted by molar-refractivity contribution is -0.114. The predicted molar refractivity (Wildman–Crippen MR) is 92.6 cm³/mol. The first-order valence-corrected chi connectivity index (χ1v) is 8.09. The summed E-state index contributed by atoms with van der Waals surface area (Å²) in [5.74, 6) is 0.656. The van der Waals surface area contributed by atoms with Crippen molar-refractivity contribution in [3.8, 4) is 16.3 Å². The van der Waals surface area contributed by atoms with Crippen molar-refractivity contribution < 1.29 is 9.53 Å². The Hall–Kier alpha value is -2.66. The van der Waals surface area contributed by atoms with Crippen LogP contribution in [-0.4, -0.2) is 10.9 Å². The zero-order valence-electron chi connectivity index (χ0n) is 12.7. The van der Waals surface area contributed by atoms with Gasteiger partial charge in [-0.1, -0.05) is 30.3 Å². The maximum atomic E-state index is 11.0. The van der Waals surface area contributed by atoms with Crippen molar-refractivity contribution in [3.05, 3.63) is 65.7 Å². The molecule has 0 atom stereocenters. The maximum Gasteiger partial charge on any atom is 0.221 e. The van der Waals surface area contributed by atoms with Crippen molar-refractivity contribution in [2.24, 2.45) is 0 Å². The third-order valence-corrected chi connectivity index (χ3v) is 4.07. The van der Waals surface area contributed by atoms with Crippen LogP contribution < -0.4 is 10.1 Å². The van der Waals surface area contributed by atoms with E-state index < -0.39 is 0 Å². The van der Waals surface area contributed by atoms with Crippen LogP contribution >= 0.6 is 11.3 Å². The molecule has 0 aliphatic carbocycles. The van der Waals surface area contributed by atoms with Crippen LogP contribution in [0.3, 0.4) is 0 Å². The van der Waals surface area contributed by atoms with E-state index in [0.717, 1.165) is 27.7 Å². The lowest BCUT2D eigenvalue weighted by Gasteiger charge is -2.06. The van der Waals surface area contributed by atoms with Crippen molar-refractivity contribution in [1.29, 1.82) is 0 Å². The highest BCUT2D eigenvalue weighted by Gasteiger charge is 2.05. The SMILES string of the molecule is CC(=O)Nc1ccc(OCc2csc(-c3ccccc3)n2)cc1. The van der Waals surface area contributed by atoms with Gasteiger partial charge in [0, 0.05) is 23.6 Å². The Labute approximate surface area is 138 Å². The Morgan fingerprint density at radius 3 is 2.57 bits per heavy atom. The Kier molecular flexibility index (Phi) is 4.68. The fraction of sp³-hybridized carbons (Fsp3) is 0.111. The van der Waals surface area contributed by atoms with Crippen LogP contribution in [0.4, 0.5) is 5.69 Å². The predicted octanol–water partition coefficient (Wildman–Crippen LogP) is 4.35. The number of amides is 1. The third-order valence-electron chi connectivity index (χ3n) is 3.13. The van der Waals surface area contributed by atoms with Crippen LogP contribution in [0, 0.1) is 0 Å². The van der Waals surface area contributed by atoms with Crippen LogP contribution in [0.15, 0.2) is 60.0 Å². The Morgan fingerprint density at radius 1 is 1.13 bits per heavy atom. The molecule has 5 heteroatoms. The number of nitrogens with one attached hydrogen (secondary N) is 1. The number of nitrogens with zero attached hydrogens (tertiary/aromatic N) is 1. The maximum absolute atomic E-state index is 11.0. The summed E-state index contributed by atoms with van der Waals surface area (Å²) in [4.78, 5) is 15.6. The highest BCUT2D eigenvalue weighted by Crippen LogP contribution is 2.24. The first kappa shape index (κ1) is 15.2. The molecule has 0 saturated carbocycles. The molecule has 0 bridgehead atoms. The summed E-state index contributed by atoms with van der Waals surface area (Å²) < 4.78 is 5.73. The van der Waals surface area contributed by atoms with Gasteiger partial charge in [0.05, 0.1) is 5.69 Å². The number of anilines is 1. The lowest BCUT2D eigenvalue weighted by Crippen LogP contribution is -2.05. The van der Waals surface area contributed by atoms with Gasteiger partial charge < -0.3 is 10.1 Å². The van der Waals surface area contributed by atoms with Gasteiger partial charge in [-0.3, -0.25) is 4.79 Å². The van der Waals surface area contributed by atoms with E-state index in [2.05, 4.69) is 10.3 Å². The zero-order valence-corrected chi connectivity index (χ0v) is 13.5. The van der Waals surface area contributed by atoms with Crippen molar-refractivity contribution in [2.75, 3.05) is 5.32 Å². The molecule has 3 rings (SSSR count). The van der Waals surface area contributed by atoms with Gasteiger partial charge >= 0.3 is 0 Å². The van der Waals surface area contributed by atoms with E-state index in [1.807, 2.05) is 60.0 Å². The lowest BCUT2D eigenvalue weighted by atomic mass is 10.2. The summed E-state index contributed by atoms with van der Waals surface area (Å²) in [5.41, 5.74) is 2.77. The summed E-state index contributed by atoms with van der Waals surface area (Å²) in [6.45, 7) is 1.90. The molecule has 0 aliphatic rings. The fourth-order valence-corrected chi connectivity index (χ4v) is 2.89. The monoisotopic (exact) mass is 324 g/mol. The molecule has 2 aromatic carbocycles. The van der Waals surface area contributed by atoms with E-state index in [9.17, 15) is 4.79 Å². The van der Waals surface area contributed by atoms with Crippen molar-refractivity contribution in [2.45, 2.75) is 13.5 Å². The topological polar surface area (TPSA) is 51.2 Å². The van der Waals surface area contributed by atoms with Gasteiger partial charge in [0.1, 0.15) is 17.4 Å².